The van der Waals surface area contributed by atoms with Gasteiger partial charge in [-0.15, -0.1) is 0 Å². The zero-order valence-electron chi connectivity index (χ0n) is 8.75. The number of esters is 1. The highest BCUT2D eigenvalue weighted by atomic mass is 16.5. The number of H-pyrrole nitrogens is 1. The summed E-state index contributed by atoms with van der Waals surface area (Å²) < 4.78 is 4.90. The molecule has 4 nitrogen and oxygen atoms in total. The van der Waals surface area contributed by atoms with E-state index in [1.54, 1.807) is 6.92 Å². The quantitative estimate of drug-likeness (QED) is 0.765. The van der Waals surface area contributed by atoms with E-state index in [4.69, 9.17) is 4.74 Å². The maximum absolute atomic E-state index is 11.4. The van der Waals surface area contributed by atoms with E-state index < -0.39 is 0 Å². The van der Waals surface area contributed by atoms with Crippen LogP contribution in [0.15, 0.2) is 6.07 Å². The molecule has 15 heavy (non-hydrogen) atoms. The fraction of sp³-hybridized carbons (Fsp3) is 0.636. The second-order valence-corrected chi connectivity index (χ2v) is 4.65. The van der Waals surface area contributed by atoms with Crippen molar-refractivity contribution in [2.75, 3.05) is 6.61 Å². The first kappa shape index (κ1) is 8.95. The van der Waals surface area contributed by atoms with Crippen LogP contribution in [0.5, 0.6) is 0 Å². The Morgan fingerprint density at radius 1 is 1.67 bits per heavy atom. The molecule has 0 unspecified atom stereocenters. The predicted molar refractivity (Wildman–Crippen MR) is 53.6 cm³/mol. The summed E-state index contributed by atoms with van der Waals surface area (Å²) in [5.74, 6) is 0.603. The largest absolute Gasteiger partial charge is 0.461 e. The Kier molecular flexibility index (Phi) is 1.69. The van der Waals surface area contributed by atoms with Crippen LogP contribution in [0.1, 0.15) is 42.4 Å². The van der Waals surface area contributed by atoms with Gasteiger partial charge in [-0.2, -0.15) is 5.10 Å². The molecule has 0 atom stereocenters. The highest BCUT2D eigenvalue weighted by Crippen LogP contribution is 2.64. The van der Waals surface area contributed by atoms with Crippen molar-refractivity contribution in [2.24, 2.45) is 5.92 Å². The van der Waals surface area contributed by atoms with Gasteiger partial charge in [-0.05, 0) is 38.2 Å². The van der Waals surface area contributed by atoms with Crippen molar-refractivity contribution in [3.05, 3.63) is 17.5 Å². The van der Waals surface area contributed by atoms with Crippen LogP contribution in [0.3, 0.4) is 0 Å². The minimum absolute atomic E-state index is 0.327. The number of aromatic amines is 1. The van der Waals surface area contributed by atoms with E-state index in [2.05, 4.69) is 10.2 Å². The molecule has 0 aliphatic heterocycles. The molecule has 1 aromatic rings. The summed E-state index contributed by atoms with van der Waals surface area (Å²) in [5, 5.41) is 6.98. The summed E-state index contributed by atoms with van der Waals surface area (Å²) in [6.07, 6.45) is 3.78. The average Bonchev–Trinajstić information content (AvgIpc) is 2.48. The number of carbonyl (C=O) groups is 1. The summed E-state index contributed by atoms with van der Waals surface area (Å²) in [4.78, 5) is 11.4. The molecule has 3 aliphatic carbocycles. The van der Waals surface area contributed by atoms with Gasteiger partial charge in [0.1, 0.15) is 0 Å². The Hall–Kier alpha value is -1.32. The molecule has 0 radical (unpaired) electrons. The SMILES string of the molecule is CCOC(=O)c1cc(C23CC(C2)C3)[nH]n1. The second kappa shape index (κ2) is 2.84. The van der Waals surface area contributed by atoms with Gasteiger partial charge in [-0.1, -0.05) is 0 Å². The van der Waals surface area contributed by atoms with Gasteiger partial charge in [0.2, 0.25) is 0 Å². The van der Waals surface area contributed by atoms with E-state index in [1.165, 1.54) is 19.3 Å². The molecular weight excluding hydrogens is 192 g/mol. The van der Waals surface area contributed by atoms with Crippen molar-refractivity contribution < 1.29 is 9.53 Å². The molecule has 0 amide bonds. The third kappa shape index (κ3) is 1.14. The third-order valence-electron chi connectivity index (χ3n) is 3.67. The van der Waals surface area contributed by atoms with E-state index in [-0.39, 0.29) is 5.97 Å². The van der Waals surface area contributed by atoms with Gasteiger partial charge >= 0.3 is 5.97 Å². The summed E-state index contributed by atoms with van der Waals surface area (Å²) >= 11 is 0. The molecular formula is C11H14N2O2. The van der Waals surface area contributed by atoms with Crippen molar-refractivity contribution in [3.63, 3.8) is 0 Å². The molecule has 2 bridgehead atoms. The average molecular weight is 206 g/mol. The minimum Gasteiger partial charge on any atom is -0.461 e. The van der Waals surface area contributed by atoms with Gasteiger partial charge in [-0.3, -0.25) is 5.10 Å². The smallest absolute Gasteiger partial charge is 0.358 e. The highest BCUT2D eigenvalue weighted by Gasteiger charge is 2.58. The van der Waals surface area contributed by atoms with Gasteiger partial charge in [-0.25, -0.2) is 4.79 Å². The molecule has 1 N–H and O–H groups in total. The van der Waals surface area contributed by atoms with Crippen molar-refractivity contribution in [1.82, 2.24) is 10.2 Å². The second-order valence-electron chi connectivity index (χ2n) is 4.65. The number of ether oxygens (including phenoxy) is 1. The van der Waals surface area contributed by atoms with Crippen LogP contribution >= 0.6 is 0 Å². The van der Waals surface area contributed by atoms with Crippen molar-refractivity contribution in [1.29, 1.82) is 0 Å². The number of hydrogen-bond donors (Lipinski definition) is 1. The van der Waals surface area contributed by atoms with Gasteiger partial charge in [0, 0.05) is 11.1 Å². The number of aromatic nitrogens is 2. The Balaban J connectivity index is 1.78. The van der Waals surface area contributed by atoms with Gasteiger partial charge < -0.3 is 4.74 Å². The molecule has 3 aliphatic rings. The lowest BCUT2D eigenvalue weighted by atomic mass is 9.43. The maximum Gasteiger partial charge on any atom is 0.358 e. The predicted octanol–water partition coefficient (Wildman–Crippen LogP) is 1.64. The van der Waals surface area contributed by atoms with Crippen molar-refractivity contribution >= 4 is 5.97 Å². The van der Waals surface area contributed by atoms with E-state index in [9.17, 15) is 4.79 Å². The fourth-order valence-corrected chi connectivity index (χ4v) is 2.71. The molecule has 1 heterocycles. The molecule has 80 valence electrons. The lowest BCUT2D eigenvalue weighted by Gasteiger charge is -2.61. The number of rotatable bonds is 3. The Morgan fingerprint density at radius 3 is 2.93 bits per heavy atom. The summed E-state index contributed by atoms with van der Waals surface area (Å²) in [5.41, 5.74) is 1.87. The van der Waals surface area contributed by atoms with Gasteiger partial charge in [0.15, 0.2) is 5.69 Å². The van der Waals surface area contributed by atoms with Crippen molar-refractivity contribution in [3.8, 4) is 0 Å². The molecule has 0 aromatic carbocycles. The van der Waals surface area contributed by atoms with Crippen LogP contribution in [0, 0.1) is 5.92 Å². The van der Waals surface area contributed by atoms with Crippen LogP contribution in [0.25, 0.3) is 0 Å². The van der Waals surface area contributed by atoms with Crippen LogP contribution in [0.2, 0.25) is 0 Å². The first-order valence-corrected chi connectivity index (χ1v) is 5.46. The monoisotopic (exact) mass is 206 g/mol. The number of nitrogens with one attached hydrogen (secondary N) is 1. The Bertz CT molecular complexity index is 393. The highest BCUT2D eigenvalue weighted by molar-refractivity contribution is 5.87. The van der Waals surface area contributed by atoms with E-state index in [1.807, 2.05) is 6.07 Å². The summed E-state index contributed by atoms with van der Waals surface area (Å²) in [6.45, 7) is 2.20. The molecule has 1 aromatic heterocycles. The number of hydrogen-bond acceptors (Lipinski definition) is 3. The molecule has 3 fully saturated rings. The summed E-state index contributed by atoms with van der Waals surface area (Å²) in [6, 6.07) is 1.85. The van der Waals surface area contributed by atoms with Crippen LogP contribution in [0.4, 0.5) is 0 Å². The normalized spacial score (nSPS) is 31.7. The zero-order valence-corrected chi connectivity index (χ0v) is 8.75. The van der Waals surface area contributed by atoms with Crippen LogP contribution < -0.4 is 0 Å². The molecule has 0 spiro atoms. The Morgan fingerprint density at radius 2 is 2.40 bits per heavy atom. The van der Waals surface area contributed by atoms with Gasteiger partial charge in [0.25, 0.3) is 0 Å². The molecule has 3 saturated carbocycles. The van der Waals surface area contributed by atoms with E-state index in [0.717, 1.165) is 11.6 Å². The zero-order chi connectivity index (χ0) is 10.5. The number of nitrogens with zero attached hydrogens (tertiary/aromatic N) is 1. The molecule has 0 saturated heterocycles. The van der Waals surface area contributed by atoms with E-state index in [0.29, 0.717) is 17.7 Å². The number of carbonyl (C=O) groups excluding carboxylic acids is 1. The Labute approximate surface area is 88.0 Å². The third-order valence-corrected chi connectivity index (χ3v) is 3.67. The lowest BCUT2D eigenvalue weighted by molar-refractivity contribution is -0.0308. The van der Waals surface area contributed by atoms with Gasteiger partial charge in [0.05, 0.1) is 6.61 Å². The van der Waals surface area contributed by atoms with Crippen molar-refractivity contribution in [2.45, 2.75) is 31.6 Å². The van der Waals surface area contributed by atoms with Crippen LogP contribution in [-0.2, 0) is 10.2 Å². The summed E-state index contributed by atoms with van der Waals surface area (Å²) in [7, 11) is 0. The fourth-order valence-electron chi connectivity index (χ4n) is 2.71. The first-order chi connectivity index (χ1) is 7.23. The maximum atomic E-state index is 11.4. The lowest BCUT2D eigenvalue weighted by Crippen LogP contribution is -2.55. The standard InChI is InChI=1S/C11H14N2O2/c1-2-15-10(14)8-3-9(13-12-8)11-4-7(5-11)6-11/h3,7H,2,4-6H2,1H3,(H,12,13). The topological polar surface area (TPSA) is 55.0 Å². The first-order valence-electron chi connectivity index (χ1n) is 5.46. The minimum atomic E-state index is -0.327. The van der Waals surface area contributed by atoms with E-state index >= 15 is 0 Å². The van der Waals surface area contributed by atoms with Crippen LogP contribution in [-0.4, -0.2) is 22.8 Å². The molecule has 4 heteroatoms. The molecule has 4 rings (SSSR count).